The summed E-state index contributed by atoms with van der Waals surface area (Å²) in [4.78, 5) is 33.5. The lowest BCUT2D eigenvalue weighted by Gasteiger charge is -2.13. The van der Waals surface area contributed by atoms with Gasteiger partial charge in [0.05, 0.1) is 18.6 Å². The molecule has 23 heavy (non-hydrogen) atoms. The van der Waals surface area contributed by atoms with Gasteiger partial charge in [-0.05, 0) is 24.6 Å². The largest absolute Gasteiger partial charge is 0.497 e. The van der Waals surface area contributed by atoms with Gasteiger partial charge in [0.15, 0.2) is 0 Å². The minimum absolute atomic E-state index is 0.000746. The van der Waals surface area contributed by atoms with Crippen molar-refractivity contribution in [3.05, 3.63) is 45.6 Å². The number of carbonyl (C=O) groups excluding carboxylic acids is 2. The summed E-state index contributed by atoms with van der Waals surface area (Å²) in [7, 11) is 1.46. The number of esters is 2. The van der Waals surface area contributed by atoms with Gasteiger partial charge in [-0.1, -0.05) is 12.1 Å². The van der Waals surface area contributed by atoms with E-state index in [0.29, 0.717) is 11.3 Å². The molecule has 0 aromatic heterocycles. The highest BCUT2D eigenvalue weighted by Gasteiger charge is 2.36. The van der Waals surface area contributed by atoms with Gasteiger partial charge in [0.2, 0.25) is 0 Å². The normalized spacial score (nSPS) is 12.2. The third-order valence-electron chi connectivity index (χ3n) is 2.67. The van der Waals surface area contributed by atoms with Gasteiger partial charge < -0.3 is 14.2 Å². The summed E-state index contributed by atoms with van der Waals surface area (Å²) in [6.07, 6.45) is -0.610. The number of hydrogen-bond acceptors (Lipinski definition) is 7. The fraction of sp³-hybridized carbons (Fsp3) is 0.333. The molecule has 0 heterocycles. The van der Waals surface area contributed by atoms with Crippen molar-refractivity contribution in [1.29, 1.82) is 0 Å². The predicted octanol–water partition coefficient (Wildman–Crippen LogP) is 1.81. The van der Waals surface area contributed by atoms with Crippen LogP contribution < -0.4 is 4.74 Å². The molecule has 1 rings (SSSR count). The van der Waals surface area contributed by atoms with E-state index in [-0.39, 0.29) is 6.61 Å². The van der Waals surface area contributed by atoms with Crippen molar-refractivity contribution in [3.63, 3.8) is 0 Å². The Hall–Kier alpha value is -2.90. The molecule has 0 amide bonds. The van der Waals surface area contributed by atoms with Crippen molar-refractivity contribution < 1.29 is 28.7 Å². The summed E-state index contributed by atoms with van der Waals surface area (Å²) < 4.78 is 14.5. The van der Waals surface area contributed by atoms with Crippen LogP contribution in [-0.4, -0.2) is 36.7 Å². The predicted molar refractivity (Wildman–Crippen MR) is 80.2 cm³/mol. The van der Waals surface area contributed by atoms with E-state index < -0.39 is 28.7 Å². The first-order chi connectivity index (χ1) is 10.9. The molecule has 0 saturated heterocycles. The summed E-state index contributed by atoms with van der Waals surface area (Å²) in [6.45, 7) is 2.59. The molecule has 1 aromatic carbocycles. The van der Waals surface area contributed by atoms with Gasteiger partial charge in [0.25, 0.3) is 11.8 Å². The van der Waals surface area contributed by atoms with Gasteiger partial charge in [-0.25, -0.2) is 4.79 Å². The van der Waals surface area contributed by atoms with Crippen LogP contribution in [0.1, 0.15) is 19.4 Å². The molecule has 0 N–H and O–H groups in total. The summed E-state index contributed by atoms with van der Waals surface area (Å²) in [5.74, 6) is -1.35. The van der Waals surface area contributed by atoms with Gasteiger partial charge in [0.1, 0.15) is 5.75 Å². The number of benzene rings is 1. The second-order valence-corrected chi connectivity index (χ2v) is 4.34. The first kappa shape index (κ1) is 18.1. The minimum Gasteiger partial charge on any atom is -0.497 e. The maximum atomic E-state index is 11.9. The number of hydrogen-bond donors (Lipinski definition) is 0. The maximum Gasteiger partial charge on any atom is 0.358 e. The van der Waals surface area contributed by atoms with Crippen LogP contribution in [0, 0.1) is 10.1 Å². The lowest BCUT2D eigenvalue weighted by molar-refractivity contribution is -0.432. The Balaban J connectivity index is 3.27. The number of methoxy groups -OCH3 is 1. The van der Waals surface area contributed by atoms with Crippen molar-refractivity contribution in [2.45, 2.75) is 20.0 Å². The summed E-state index contributed by atoms with van der Waals surface area (Å²) >= 11 is 0. The molecule has 0 aliphatic rings. The van der Waals surface area contributed by atoms with E-state index >= 15 is 0 Å². The zero-order valence-corrected chi connectivity index (χ0v) is 13.0. The van der Waals surface area contributed by atoms with Crippen LogP contribution in [-0.2, 0) is 19.1 Å². The molecule has 0 spiro atoms. The van der Waals surface area contributed by atoms with Gasteiger partial charge in [0, 0.05) is 13.0 Å². The average molecular weight is 323 g/mol. The Morgan fingerprint density at radius 2 is 2.09 bits per heavy atom. The van der Waals surface area contributed by atoms with Crippen LogP contribution in [0.25, 0.3) is 6.08 Å². The Bertz CT molecular complexity index is 624. The van der Waals surface area contributed by atoms with Crippen LogP contribution in [0.4, 0.5) is 0 Å². The Morgan fingerprint density at radius 1 is 1.39 bits per heavy atom. The summed E-state index contributed by atoms with van der Waals surface area (Å²) in [6, 6.07) is 6.42. The molecular weight excluding hydrogens is 306 g/mol. The van der Waals surface area contributed by atoms with Gasteiger partial charge in [-0.15, -0.1) is 0 Å². The number of carbonyl (C=O) groups is 2. The summed E-state index contributed by atoms with van der Waals surface area (Å²) in [5, 5.41) is 11.3. The van der Waals surface area contributed by atoms with Crippen molar-refractivity contribution in [3.8, 4) is 5.75 Å². The van der Waals surface area contributed by atoms with E-state index in [0.717, 1.165) is 13.0 Å². The number of nitrogens with zero attached hydrogens (tertiary/aromatic N) is 1. The number of rotatable bonds is 7. The van der Waals surface area contributed by atoms with Crippen LogP contribution in [0.2, 0.25) is 0 Å². The first-order valence-electron chi connectivity index (χ1n) is 6.73. The Morgan fingerprint density at radius 3 is 2.61 bits per heavy atom. The minimum atomic E-state index is -1.74. The molecule has 0 aliphatic carbocycles. The third kappa shape index (κ3) is 5.42. The van der Waals surface area contributed by atoms with E-state index in [4.69, 9.17) is 14.2 Å². The molecule has 124 valence electrons. The zero-order valence-electron chi connectivity index (χ0n) is 13.0. The Kier molecular flexibility index (Phi) is 6.72. The first-order valence-corrected chi connectivity index (χ1v) is 6.73. The molecule has 0 bridgehead atoms. The van der Waals surface area contributed by atoms with Crippen molar-refractivity contribution >= 4 is 18.0 Å². The van der Waals surface area contributed by atoms with E-state index in [1.165, 1.54) is 7.11 Å². The Labute approximate surface area is 132 Å². The average Bonchev–Trinajstić information content (AvgIpc) is 2.50. The highest BCUT2D eigenvalue weighted by Crippen LogP contribution is 2.19. The van der Waals surface area contributed by atoms with E-state index in [2.05, 4.69) is 0 Å². The smallest absolute Gasteiger partial charge is 0.358 e. The molecule has 0 fully saturated rings. The molecule has 0 aliphatic heterocycles. The van der Waals surface area contributed by atoms with E-state index in [9.17, 15) is 19.7 Å². The van der Waals surface area contributed by atoms with Crippen LogP contribution in [0.15, 0.2) is 30.0 Å². The zero-order chi connectivity index (χ0) is 17.4. The molecule has 0 radical (unpaired) electrons. The second-order valence-electron chi connectivity index (χ2n) is 4.34. The topological polar surface area (TPSA) is 105 Å². The maximum absolute atomic E-state index is 11.9. The number of ether oxygens (including phenoxy) is 3. The van der Waals surface area contributed by atoms with Gasteiger partial charge in [-0.2, -0.15) is 0 Å². The fourth-order valence-corrected chi connectivity index (χ4v) is 1.74. The SMILES string of the molecule is CCOC(=O)[C@H](OC(C)=O)/C(=C\c1cccc(OC)c1)[N+](=O)[O-]. The van der Waals surface area contributed by atoms with Crippen molar-refractivity contribution in [2.24, 2.45) is 0 Å². The standard InChI is InChI=1S/C15H17NO7/c1-4-22-15(18)14(23-10(2)17)13(16(19)20)9-11-6-5-7-12(8-11)21-3/h5-9,14H,4H2,1-3H3/b13-9+/t14-/m1/s1. The number of nitro groups is 1. The molecule has 8 heteroatoms. The van der Waals surface area contributed by atoms with Crippen LogP contribution >= 0.6 is 0 Å². The van der Waals surface area contributed by atoms with E-state index in [1.807, 2.05) is 0 Å². The molecule has 0 unspecified atom stereocenters. The quantitative estimate of drug-likeness (QED) is 0.428. The molecule has 8 nitrogen and oxygen atoms in total. The molecular formula is C15H17NO7. The lowest BCUT2D eigenvalue weighted by Crippen LogP contribution is -2.33. The van der Waals surface area contributed by atoms with E-state index in [1.54, 1.807) is 31.2 Å². The van der Waals surface area contributed by atoms with Crippen molar-refractivity contribution in [2.75, 3.05) is 13.7 Å². The molecule has 1 aromatic rings. The monoisotopic (exact) mass is 323 g/mol. The van der Waals surface area contributed by atoms with Crippen molar-refractivity contribution in [1.82, 2.24) is 0 Å². The fourth-order valence-electron chi connectivity index (χ4n) is 1.74. The second kappa shape index (κ2) is 8.52. The summed E-state index contributed by atoms with van der Waals surface area (Å²) in [5.41, 5.74) is -0.190. The highest BCUT2D eigenvalue weighted by atomic mass is 16.6. The molecule has 0 saturated carbocycles. The van der Waals surface area contributed by atoms with Crippen LogP contribution in [0.5, 0.6) is 5.75 Å². The highest BCUT2D eigenvalue weighted by molar-refractivity contribution is 5.82. The van der Waals surface area contributed by atoms with Gasteiger partial charge >= 0.3 is 11.9 Å². The third-order valence-corrected chi connectivity index (χ3v) is 2.67. The van der Waals surface area contributed by atoms with Gasteiger partial charge in [-0.3, -0.25) is 14.9 Å². The molecule has 1 atom stereocenters. The lowest BCUT2D eigenvalue weighted by atomic mass is 10.1. The van der Waals surface area contributed by atoms with Crippen LogP contribution in [0.3, 0.4) is 0 Å².